The summed E-state index contributed by atoms with van der Waals surface area (Å²) in [6.07, 6.45) is 4.91. The number of hydrogen-bond acceptors (Lipinski definition) is 3. The van der Waals surface area contributed by atoms with Gasteiger partial charge in [-0.2, -0.15) is 0 Å². The molecule has 2 heterocycles. The van der Waals surface area contributed by atoms with Gasteiger partial charge in [0.2, 0.25) is 5.91 Å². The van der Waals surface area contributed by atoms with E-state index in [0.29, 0.717) is 0 Å². The predicted molar refractivity (Wildman–Crippen MR) is 76.2 cm³/mol. The number of hydrogen-bond donors (Lipinski definition) is 1. The molecule has 2 aromatic rings. The van der Waals surface area contributed by atoms with E-state index in [-0.39, 0.29) is 23.9 Å². The maximum atomic E-state index is 12.0. The lowest BCUT2D eigenvalue weighted by molar-refractivity contribution is -0.122. The average Bonchev–Trinajstić information content (AvgIpc) is 2.41. The molecule has 0 bridgehead atoms. The number of aromatic nitrogens is 2. The van der Waals surface area contributed by atoms with Crippen LogP contribution in [0.25, 0.3) is 0 Å². The Bertz CT molecular complexity index is 644. The molecule has 0 spiro atoms. The van der Waals surface area contributed by atoms with E-state index < -0.39 is 0 Å². The first-order chi connectivity index (χ1) is 9.56. The molecule has 5 nitrogen and oxygen atoms in total. The van der Waals surface area contributed by atoms with Crippen molar-refractivity contribution < 1.29 is 4.79 Å². The third kappa shape index (κ3) is 3.54. The molecular weight excluding hydrogens is 254 g/mol. The molecule has 2 rings (SSSR count). The molecule has 0 saturated heterocycles. The Morgan fingerprint density at radius 1 is 1.35 bits per heavy atom. The number of rotatable bonds is 4. The van der Waals surface area contributed by atoms with Crippen molar-refractivity contribution >= 4 is 5.91 Å². The Balaban J connectivity index is 1.99. The number of carbonyl (C=O) groups is 1. The first-order valence-corrected chi connectivity index (χ1v) is 6.43. The number of pyridine rings is 2. The summed E-state index contributed by atoms with van der Waals surface area (Å²) in [5.74, 6) is -0.119. The largest absolute Gasteiger partial charge is 0.346 e. The summed E-state index contributed by atoms with van der Waals surface area (Å²) in [5.41, 5.74) is 1.84. The lowest BCUT2D eigenvalue weighted by Crippen LogP contribution is -2.31. The van der Waals surface area contributed by atoms with Gasteiger partial charge in [0, 0.05) is 30.7 Å². The van der Waals surface area contributed by atoms with Gasteiger partial charge in [-0.1, -0.05) is 6.07 Å². The van der Waals surface area contributed by atoms with Crippen molar-refractivity contribution in [2.45, 2.75) is 26.4 Å². The second-order valence-corrected chi connectivity index (χ2v) is 4.70. The summed E-state index contributed by atoms with van der Waals surface area (Å²) in [6, 6.07) is 6.54. The smallest absolute Gasteiger partial charge is 0.240 e. The fourth-order valence-corrected chi connectivity index (χ4v) is 2.02. The van der Waals surface area contributed by atoms with Crippen molar-refractivity contribution in [2.24, 2.45) is 0 Å². The van der Waals surface area contributed by atoms with Crippen LogP contribution in [0.3, 0.4) is 0 Å². The van der Waals surface area contributed by atoms with Crippen molar-refractivity contribution in [2.75, 3.05) is 0 Å². The quantitative estimate of drug-likeness (QED) is 0.915. The molecule has 2 aromatic heterocycles. The van der Waals surface area contributed by atoms with Crippen molar-refractivity contribution in [1.29, 1.82) is 0 Å². The first kappa shape index (κ1) is 14.0. The fraction of sp³-hybridized carbons (Fsp3) is 0.267. The lowest BCUT2D eigenvalue weighted by Gasteiger charge is -2.16. The van der Waals surface area contributed by atoms with E-state index in [1.165, 1.54) is 12.1 Å². The number of nitrogens with zero attached hydrogens (tertiary/aromatic N) is 2. The topological polar surface area (TPSA) is 64.0 Å². The predicted octanol–water partition coefficient (Wildman–Crippen LogP) is 1.43. The van der Waals surface area contributed by atoms with Crippen molar-refractivity contribution in [3.05, 3.63) is 64.3 Å². The molecular formula is C15H17N3O2. The molecule has 0 aromatic carbocycles. The fourth-order valence-electron chi connectivity index (χ4n) is 2.02. The minimum absolute atomic E-state index is 0.0702. The normalized spacial score (nSPS) is 11.9. The maximum absolute atomic E-state index is 12.0. The van der Waals surface area contributed by atoms with Gasteiger partial charge >= 0.3 is 0 Å². The molecule has 0 aliphatic carbocycles. The van der Waals surface area contributed by atoms with E-state index in [9.17, 15) is 9.59 Å². The van der Waals surface area contributed by atoms with Crippen molar-refractivity contribution in [3.63, 3.8) is 0 Å². The van der Waals surface area contributed by atoms with E-state index in [2.05, 4.69) is 10.3 Å². The van der Waals surface area contributed by atoms with Gasteiger partial charge in [0.15, 0.2) is 5.43 Å². The van der Waals surface area contributed by atoms with Crippen LogP contribution in [0.1, 0.15) is 24.2 Å². The maximum Gasteiger partial charge on any atom is 0.240 e. The molecule has 5 heteroatoms. The van der Waals surface area contributed by atoms with Crippen LogP contribution in [-0.4, -0.2) is 15.5 Å². The summed E-state index contributed by atoms with van der Waals surface area (Å²) in [7, 11) is 0. The van der Waals surface area contributed by atoms with E-state index in [1.54, 1.807) is 23.2 Å². The van der Waals surface area contributed by atoms with Gasteiger partial charge in [0.1, 0.15) is 6.54 Å². The van der Waals surface area contributed by atoms with Gasteiger partial charge in [-0.25, -0.2) is 0 Å². The molecule has 0 unspecified atom stereocenters. The highest BCUT2D eigenvalue weighted by Gasteiger charge is 2.12. The lowest BCUT2D eigenvalue weighted by atomic mass is 10.1. The molecule has 0 fully saturated rings. The molecule has 1 N–H and O–H groups in total. The average molecular weight is 271 g/mol. The van der Waals surface area contributed by atoms with Crippen LogP contribution < -0.4 is 10.7 Å². The van der Waals surface area contributed by atoms with Crippen LogP contribution >= 0.6 is 0 Å². The van der Waals surface area contributed by atoms with Crippen LogP contribution in [0.5, 0.6) is 0 Å². The first-order valence-electron chi connectivity index (χ1n) is 6.43. The Hall–Kier alpha value is -2.43. The summed E-state index contributed by atoms with van der Waals surface area (Å²) < 4.78 is 1.66. The zero-order chi connectivity index (χ0) is 14.5. The molecule has 104 valence electrons. The van der Waals surface area contributed by atoms with E-state index >= 15 is 0 Å². The molecule has 0 aliphatic heterocycles. The van der Waals surface area contributed by atoms with Crippen LogP contribution in [0.4, 0.5) is 0 Å². The molecule has 20 heavy (non-hydrogen) atoms. The van der Waals surface area contributed by atoms with Gasteiger partial charge in [0.25, 0.3) is 0 Å². The molecule has 1 atom stereocenters. The Labute approximate surface area is 117 Å². The standard InChI is InChI=1S/C15H17N3O2/c1-11-4-3-7-16-15(11)12(2)17-14(20)10-18-8-5-13(19)6-9-18/h3-9,12H,10H2,1-2H3,(H,17,20)/t12-/m0/s1. The number of amides is 1. The minimum atomic E-state index is -0.150. The molecule has 0 saturated carbocycles. The zero-order valence-electron chi connectivity index (χ0n) is 11.5. The van der Waals surface area contributed by atoms with Gasteiger partial charge in [0.05, 0.1) is 11.7 Å². The highest BCUT2D eigenvalue weighted by Crippen LogP contribution is 2.13. The molecule has 0 radical (unpaired) electrons. The Morgan fingerprint density at radius 2 is 2.05 bits per heavy atom. The van der Waals surface area contributed by atoms with Gasteiger partial charge in [-0.3, -0.25) is 14.6 Å². The number of nitrogens with one attached hydrogen (secondary N) is 1. The third-order valence-electron chi connectivity index (χ3n) is 3.02. The van der Waals surface area contributed by atoms with Crippen LogP contribution in [0.2, 0.25) is 0 Å². The highest BCUT2D eigenvalue weighted by molar-refractivity contribution is 5.76. The van der Waals surface area contributed by atoms with Crippen molar-refractivity contribution in [1.82, 2.24) is 14.9 Å². The summed E-state index contributed by atoms with van der Waals surface area (Å²) in [6.45, 7) is 4.04. The minimum Gasteiger partial charge on any atom is -0.346 e. The van der Waals surface area contributed by atoms with E-state index in [0.717, 1.165) is 11.3 Å². The highest BCUT2D eigenvalue weighted by atomic mass is 16.2. The van der Waals surface area contributed by atoms with E-state index in [1.807, 2.05) is 26.0 Å². The second-order valence-electron chi connectivity index (χ2n) is 4.70. The molecule has 0 aliphatic rings. The van der Waals surface area contributed by atoms with Crippen LogP contribution in [0, 0.1) is 6.92 Å². The van der Waals surface area contributed by atoms with Gasteiger partial charge in [-0.15, -0.1) is 0 Å². The van der Waals surface area contributed by atoms with Gasteiger partial charge < -0.3 is 9.88 Å². The number of carbonyl (C=O) groups excluding carboxylic acids is 1. The third-order valence-corrected chi connectivity index (χ3v) is 3.02. The van der Waals surface area contributed by atoms with Crippen LogP contribution in [0.15, 0.2) is 47.7 Å². The second kappa shape index (κ2) is 6.14. The zero-order valence-corrected chi connectivity index (χ0v) is 11.5. The Morgan fingerprint density at radius 3 is 2.70 bits per heavy atom. The van der Waals surface area contributed by atoms with Crippen LogP contribution in [-0.2, 0) is 11.3 Å². The van der Waals surface area contributed by atoms with Crippen molar-refractivity contribution in [3.8, 4) is 0 Å². The SMILES string of the molecule is Cc1cccnc1[C@H](C)NC(=O)Cn1ccc(=O)cc1. The molecule has 1 amide bonds. The van der Waals surface area contributed by atoms with E-state index in [4.69, 9.17) is 0 Å². The summed E-state index contributed by atoms with van der Waals surface area (Å²) in [4.78, 5) is 27.2. The summed E-state index contributed by atoms with van der Waals surface area (Å²) >= 11 is 0. The monoisotopic (exact) mass is 271 g/mol. The summed E-state index contributed by atoms with van der Waals surface area (Å²) in [5, 5.41) is 2.90. The number of aryl methyl sites for hydroxylation is 1. The Kier molecular flexibility index (Phi) is 4.30. The van der Waals surface area contributed by atoms with Gasteiger partial charge in [-0.05, 0) is 25.5 Å².